The van der Waals surface area contributed by atoms with Crippen LogP contribution in [0.5, 0.6) is 5.88 Å². The number of nitrogens with zero attached hydrogens (tertiary/aromatic N) is 4. The molecule has 0 radical (unpaired) electrons. The molecule has 1 aliphatic heterocycles. The zero-order chi connectivity index (χ0) is 20.4. The lowest BCUT2D eigenvalue weighted by molar-refractivity contribution is -0.148. The molecule has 0 unspecified atom stereocenters. The maximum atomic E-state index is 12.2. The molecule has 2 aromatic heterocycles. The lowest BCUT2D eigenvalue weighted by Gasteiger charge is -2.37. The number of methoxy groups -OCH3 is 1. The molecule has 11 heteroatoms. The number of carbonyl (C=O) groups is 1. The summed E-state index contributed by atoms with van der Waals surface area (Å²) in [6.45, 7) is 0.769. The first-order valence-corrected chi connectivity index (χ1v) is 10.0. The molecule has 1 fully saturated rings. The number of carbonyl (C=O) groups excluding carboxylic acids is 1. The van der Waals surface area contributed by atoms with Gasteiger partial charge in [0.1, 0.15) is 6.33 Å². The number of benzene rings is 1. The van der Waals surface area contributed by atoms with Crippen LogP contribution in [0.1, 0.15) is 18.4 Å². The fourth-order valence-electron chi connectivity index (χ4n) is 3.18. The molecule has 1 amide bonds. The van der Waals surface area contributed by atoms with Crippen molar-refractivity contribution in [3.05, 3.63) is 41.2 Å². The molecule has 29 heavy (non-hydrogen) atoms. The molecule has 3 aromatic rings. The summed E-state index contributed by atoms with van der Waals surface area (Å²) >= 11 is 7.22. The van der Waals surface area contributed by atoms with Gasteiger partial charge in [-0.25, -0.2) is 14.8 Å². The lowest BCUT2D eigenvalue weighted by Crippen LogP contribution is -2.43. The Morgan fingerprint density at radius 3 is 2.86 bits per heavy atom. The summed E-state index contributed by atoms with van der Waals surface area (Å²) in [5.41, 5.74) is 0.238. The Morgan fingerprint density at radius 1 is 1.34 bits per heavy atom. The van der Waals surface area contributed by atoms with Crippen LogP contribution >= 0.6 is 22.9 Å². The predicted molar refractivity (Wildman–Crippen MR) is 108 cm³/mol. The largest absolute Gasteiger partial charge is 0.479 e. The Balaban J connectivity index is 1.35. The van der Waals surface area contributed by atoms with Gasteiger partial charge in [0.15, 0.2) is 15.5 Å². The summed E-state index contributed by atoms with van der Waals surface area (Å²) < 4.78 is 5.14. The molecule has 1 aliphatic rings. The van der Waals surface area contributed by atoms with Gasteiger partial charge in [-0.05, 0) is 30.5 Å². The van der Waals surface area contributed by atoms with E-state index in [1.54, 1.807) is 12.1 Å². The number of nitrogens with one attached hydrogen (secondary N) is 1. The minimum Gasteiger partial charge on any atom is -0.479 e. The fourth-order valence-corrected chi connectivity index (χ4v) is 4.15. The van der Waals surface area contributed by atoms with Crippen LogP contribution < -0.4 is 10.1 Å². The maximum absolute atomic E-state index is 12.2. The molecule has 9 nitrogen and oxygen atoms in total. The number of halogens is 1. The third kappa shape index (κ3) is 4.25. The number of aromatic nitrogens is 3. The zero-order valence-electron chi connectivity index (χ0n) is 15.5. The van der Waals surface area contributed by atoms with Crippen LogP contribution in [0.25, 0.3) is 10.3 Å². The van der Waals surface area contributed by atoms with Crippen LogP contribution in [-0.2, 0) is 10.4 Å². The first-order valence-electron chi connectivity index (χ1n) is 8.85. The second-order valence-corrected chi connectivity index (χ2v) is 7.94. The molecular weight excluding hydrogens is 418 g/mol. The van der Waals surface area contributed by atoms with Crippen LogP contribution in [0.15, 0.2) is 30.6 Å². The minimum absolute atomic E-state index is 0.330. The molecule has 2 N–H and O–H groups in total. The van der Waals surface area contributed by atoms with Crippen molar-refractivity contribution in [3.63, 3.8) is 0 Å². The van der Waals surface area contributed by atoms with E-state index in [1.807, 2.05) is 12.1 Å². The third-order valence-electron chi connectivity index (χ3n) is 4.69. The molecule has 0 saturated carbocycles. The van der Waals surface area contributed by atoms with Crippen LogP contribution in [0, 0.1) is 0 Å². The van der Waals surface area contributed by atoms with E-state index in [9.17, 15) is 9.90 Å². The standard InChI is InChI=1S/C18H18ClN5O4S/c1-27-14-13-15(21-10-20-14)29-16(22-13)23-17(25)28-24-7-5-18(26,6-8-24)11-3-2-4-12(19)9-11/h2-4,9-10,26H,5-8H2,1H3,(H,22,23,25). The van der Waals surface area contributed by atoms with Crippen molar-refractivity contribution in [3.8, 4) is 5.88 Å². The Hall–Kier alpha value is -2.53. The zero-order valence-corrected chi connectivity index (χ0v) is 17.0. The lowest BCUT2D eigenvalue weighted by atomic mass is 9.85. The number of hydroxylamine groups is 2. The third-order valence-corrected chi connectivity index (χ3v) is 5.80. The fraction of sp³-hybridized carbons (Fsp3) is 0.333. The molecule has 0 spiro atoms. The first-order chi connectivity index (χ1) is 14.0. The van der Waals surface area contributed by atoms with Gasteiger partial charge in [0, 0.05) is 18.1 Å². The number of hydrogen-bond acceptors (Lipinski definition) is 9. The highest BCUT2D eigenvalue weighted by Crippen LogP contribution is 2.34. The van der Waals surface area contributed by atoms with E-state index >= 15 is 0 Å². The predicted octanol–water partition coefficient (Wildman–Crippen LogP) is 3.20. The van der Waals surface area contributed by atoms with E-state index in [0.29, 0.717) is 52.3 Å². The van der Waals surface area contributed by atoms with E-state index in [2.05, 4.69) is 20.3 Å². The quantitative estimate of drug-likeness (QED) is 0.642. The van der Waals surface area contributed by atoms with Crippen LogP contribution in [0.3, 0.4) is 0 Å². The van der Waals surface area contributed by atoms with E-state index in [1.165, 1.54) is 29.8 Å². The van der Waals surface area contributed by atoms with Gasteiger partial charge in [-0.2, -0.15) is 4.98 Å². The molecule has 0 aliphatic carbocycles. The maximum Gasteiger partial charge on any atom is 0.432 e. The van der Waals surface area contributed by atoms with Gasteiger partial charge in [0.2, 0.25) is 5.88 Å². The normalized spacial score (nSPS) is 16.5. The van der Waals surface area contributed by atoms with Crippen LogP contribution in [0.2, 0.25) is 5.02 Å². The molecule has 1 saturated heterocycles. The second kappa shape index (κ2) is 8.07. The highest BCUT2D eigenvalue weighted by molar-refractivity contribution is 7.22. The Morgan fingerprint density at radius 2 is 2.14 bits per heavy atom. The summed E-state index contributed by atoms with van der Waals surface area (Å²) in [6, 6.07) is 7.18. The highest BCUT2D eigenvalue weighted by Gasteiger charge is 2.35. The van der Waals surface area contributed by atoms with Gasteiger partial charge in [-0.1, -0.05) is 35.1 Å². The van der Waals surface area contributed by atoms with Gasteiger partial charge in [-0.3, -0.25) is 5.32 Å². The molecule has 4 rings (SSSR count). The minimum atomic E-state index is -0.997. The summed E-state index contributed by atoms with van der Waals surface area (Å²) in [5, 5.41) is 15.9. The number of ether oxygens (including phenoxy) is 1. The molecule has 0 atom stereocenters. The molecular formula is C18H18ClN5O4S. The van der Waals surface area contributed by atoms with Crippen LogP contribution in [-0.4, -0.2) is 51.4 Å². The Labute approximate surface area is 175 Å². The van der Waals surface area contributed by atoms with Gasteiger partial charge < -0.3 is 14.7 Å². The van der Waals surface area contributed by atoms with Crippen molar-refractivity contribution in [1.29, 1.82) is 0 Å². The van der Waals surface area contributed by atoms with Crippen molar-refractivity contribution >= 4 is 44.5 Å². The number of fused-ring (bicyclic) bond motifs is 1. The number of hydrogen-bond donors (Lipinski definition) is 2. The molecule has 3 heterocycles. The van der Waals surface area contributed by atoms with E-state index in [4.69, 9.17) is 21.2 Å². The van der Waals surface area contributed by atoms with Crippen molar-refractivity contribution in [1.82, 2.24) is 20.0 Å². The number of aliphatic hydroxyl groups is 1. The summed E-state index contributed by atoms with van der Waals surface area (Å²) in [5.74, 6) is 0.337. The average molecular weight is 436 g/mol. The van der Waals surface area contributed by atoms with Crippen LogP contribution in [0.4, 0.5) is 9.93 Å². The van der Waals surface area contributed by atoms with Gasteiger partial charge >= 0.3 is 6.09 Å². The van der Waals surface area contributed by atoms with Gasteiger partial charge in [-0.15, -0.1) is 5.06 Å². The smallest absolute Gasteiger partial charge is 0.432 e. The first kappa shape index (κ1) is 19.8. The van der Waals surface area contributed by atoms with Gasteiger partial charge in [0.25, 0.3) is 0 Å². The van der Waals surface area contributed by atoms with Crippen molar-refractivity contribution < 1.29 is 19.5 Å². The van der Waals surface area contributed by atoms with E-state index in [-0.39, 0.29) is 0 Å². The van der Waals surface area contributed by atoms with Gasteiger partial charge in [0.05, 0.1) is 12.7 Å². The number of thiazole rings is 1. The Bertz CT molecular complexity index is 1040. The monoisotopic (exact) mass is 435 g/mol. The van der Waals surface area contributed by atoms with Crippen molar-refractivity contribution in [2.45, 2.75) is 18.4 Å². The Kier molecular flexibility index (Phi) is 5.50. The van der Waals surface area contributed by atoms with E-state index in [0.717, 1.165) is 5.56 Å². The molecule has 152 valence electrons. The number of anilines is 1. The van der Waals surface area contributed by atoms with Crippen molar-refractivity contribution in [2.24, 2.45) is 0 Å². The topological polar surface area (TPSA) is 110 Å². The SMILES string of the molecule is COc1ncnc2sc(NC(=O)ON3CCC(O)(c4cccc(Cl)c4)CC3)nc12. The summed E-state index contributed by atoms with van der Waals surface area (Å²) in [6.07, 6.45) is 1.53. The second-order valence-electron chi connectivity index (χ2n) is 6.53. The molecule has 0 bridgehead atoms. The number of rotatable bonds is 4. The molecule has 1 aromatic carbocycles. The number of piperidine rings is 1. The highest BCUT2D eigenvalue weighted by atomic mass is 35.5. The average Bonchev–Trinajstić information content (AvgIpc) is 3.12. The summed E-state index contributed by atoms with van der Waals surface area (Å²) in [4.78, 5) is 30.5. The van der Waals surface area contributed by atoms with E-state index < -0.39 is 11.7 Å². The van der Waals surface area contributed by atoms with Crippen molar-refractivity contribution in [2.75, 3.05) is 25.5 Å². The number of amides is 1. The summed E-state index contributed by atoms with van der Waals surface area (Å²) in [7, 11) is 1.49.